The number of rotatable bonds is 4. The number of carboxylic acid groups (broad SMARTS) is 1. The minimum atomic E-state index is -0.876. The smallest absolute Gasteiger partial charge is 0.427 e. The third-order valence-corrected chi connectivity index (χ3v) is 2.58. The van der Waals surface area contributed by atoms with Gasteiger partial charge in [0, 0.05) is 11.5 Å². The molecule has 1 N–H and O–H groups in total. The van der Waals surface area contributed by atoms with Crippen molar-refractivity contribution >= 4 is 30.0 Å². The molecule has 3 nitrogen and oxygen atoms in total. The van der Waals surface area contributed by atoms with E-state index in [0.29, 0.717) is 0 Å². The van der Waals surface area contributed by atoms with E-state index in [2.05, 4.69) is 0 Å². The Kier molecular flexibility index (Phi) is 5.71. The number of hydrogen-bond acceptors (Lipinski definition) is 3. The zero-order valence-corrected chi connectivity index (χ0v) is 7.67. The van der Waals surface area contributed by atoms with Crippen LogP contribution in [0.1, 0.15) is 13.8 Å². The van der Waals surface area contributed by atoms with Crippen molar-refractivity contribution in [1.82, 2.24) is 3.71 Å². The fourth-order valence-corrected chi connectivity index (χ4v) is 2.00. The molecule has 0 bridgehead atoms. The summed E-state index contributed by atoms with van der Waals surface area (Å²) in [6.07, 6.45) is -0.876. The van der Waals surface area contributed by atoms with Crippen LogP contribution in [0.15, 0.2) is 0 Å². The predicted molar refractivity (Wildman–Crippen MR) is 46.1 cm³/mol. The minimum Gasteiger partial charge on any atom is -0.464 e. The van der Waals surface area contributed by atoms with Gasteiger partial charge in [0.05, 0.1) is 0 Å². The van der Waals surface area contributed by atoms with Crippen LogP contribution in [-0.2, 0) is 0 Å². The maximum Gasteiger partial charge on any atom is 0.427 e. The molecule has 0 aliphatic carbocycles. The summed E-state index contributed by atoms with van der Waals surface area (Å²) < 4.78 is 1.28. The number of nitrogens with zero attached hydrogens (tertiary/aromatic N) is 1. The van der Waals surface area contributed by atoms with Crippen molar-refractivity contribution in [2.24, 2.45) is 0 Å². The lowest BCUT2D eigenvalue weighted by atomic mass is 11.0. The highest BCUT2D eigenvalue weighted by atomic mass is 32.2. The second-order valence-electron chi connectivity index (χ2n) is 1.38. The molecule has 0 aromatic rings. The van der Waals surface area contributed by atoms with E-state index in [1.807, 2.05) is 13.8 Å². The third-order valence-electron chi connectivity index (χ3n) is 0.649. The quantitative estimate of drug-likeness (QED) is 0.676. The Morgan fingerprint density at radius 1 is 1.40 bits per heavy atom. The van der Waals surface area contributed by atoms with Crippen molar-refractivity contribution < 1.29 is 9.90 Å². The maximum absolute atomic E-state index is 10.4. The van der Waals surface area contributed by atoms with E-state index < -0.39 is 6.09 Å². The Morgan fingerprint density at radius 2 is 1.80 bits per heavy atom. The zero-order valence-electron chi connectivity index (χ0n) is 6.03. The first-order valence-electron chi connectivity index (χ1n) is 3.01. The first-order chi connectivity index (χ1) is 4.72. The Hall–Kier alpha value is -0.0300. The average molecular weight is 181 g/mol. The van der Waals surface area contributed by atoms with Gasteiger partial charge in [-0.05, 0) is 23.9 Å². The first-order valence-corrected chi connectivity index (χ1v) is 4.89. The summed E-state index contributed by atoms with van der Waals surface area (Å²) in [5.74, 6) is 1.58. The van der Waals surface area contributed by atoms with Crippen LogP contribution in [0.2, 0.25) is 0 Å². The molecule has 0 saturated heterocycles. The molecule has 0 spiro atoms. The lowest BCUT2D eigenvalue weighted by Crippen LogP contribution is -2.14. The molecule has 5 heteroatoms. The highest BCUT2D eigenvalue weighted by Crippen LogP contribution is 2.20. The van der Waals surface area contributed by atoms with Gasteiger partial charge in [0.15, 0.2) is 0 Å². The first kappa shape index (κ1) is 9.97. The van der Waals surface area contributed by atoms with Crippen LogP contribution in [0.25, 0.3) is 0 Å². The van der Waals surface area contributed by atoms with Crippen molar-refractivity contribution in [2.45, 2.75) is 13.8 Å². The molecule has 0 heterocycles. The maximum atomic E-state index is 10.4. The van der Waals surface area contributed by atoms with Crippen LogP contribution >= 0.6 is 23.9 Å². The molecule has 0 aromatic heterocycles. The monoisotopic (exact) mass is 181 g/mol. The molecule has 0 aliphatic rings. The summed E-state index contributed by atoms with van der Waals surface area (Å²) in [4.78, 5) is 10.4. The van der Waals surface area contributed by atoms with Crippen LogP contribution < -0.4 is 0 Å². The van der Waals surface area contributed by atoms with Crippen LogP contribution in [0.3, 0.4) is 0 Å². The summed E-state index contributed by atoms with van der Waals surface area (Å²) >= 11 is 2.61. The Bertz CT molecular complexity index is 104. The zero-order chi connectivity index (χ0) is 7.98. The highest BCUT2D eigenvalue weighted by Gasteiger charge is 2.09. The summed E-state index contributed by atoms with van der Waals surface area (Å²) in [5.41, 5.74) is 0. The van der Waals surface area contributed by atoms with Crippen molar-refractivity contribution in [3.05, 3.63) is 0 Å². The van der Waals surface area contributed by atoms with Crippen molar-refractivity contribution in [1.29, 1.82) is 0 Å². The van der Waals surface area contributed by atoms with E-state index in [9.17, 15) is 4.79 Å². The second kappa shape index (κ2) is 5.73. The molecule has 0 fully saturated rings. The molecule has 0 atom stereocenters. The topological polar surface area (TPSA) is 40.5 Å². The largest absolute Gasteiger partial charge is 0.464 e. The van der Waals surface area contributed by atoms with Gasteiger partial charge in [-0.3, -0.25) is 0 Å². The molecular formula is C5H11NO2S2. The lowest BCUT2D eigenvalue weighted by Gasteiger charge is -2.13. The van der Waals surface area contributed by atoms with Gasteiger partial charge in [0.2, 0.25) is 0 Å². The number of hydrogen-bond donors (Lipinski definition) is 1. The molecule has 60 valence electrons. The molecule has 10 heavy (non-hydrogen) atoms. The number of carbonyl (C=O) groups is 1. The van der Waals surface area contributed by atoms with Gasteiger partial charge in [0.1, 0.15) is 0 Å². The molecule has 0 aromatic carbocycles. The van der Waals surface area contributed by atoms with E-state index in [0.717, 1.165) is 11.5 Å². The second-order valence-corrected chi connectivity index (χ2v) is 4.01. The van der Waals surface area contributed by atoms with Crippen molar-refractivity contribution in [3.63, 3.8) is 0 Å². The predicted octanol–water partition coefficient (Wildman–Crippen LogP) is 2.30. The normalized spacial score (nSPS) is 9.40. The van der Waals surface area contributed by atoms with Crippen molar-refractivity contribution in [3.8, 4) is 0 Å². The molecular weight excluding hydrogens is 170 g/mol. The van der Waals surface area contributed by atoms with Gasteiger partial charge in [-0.25, -0.2) is 4.79 Å². The minimum absolute atomic E-state index is 0.791. The fraction of sp³-hybridized carbons (Fsp3) is 0.800. The third kappa shape index (κ3) is 3.90. The Balaban J connectivity index is 3.61. The van der Waals surface area contributed by atoms with Crippen LogP contribution in [-0.4, -0.2) is 26.4 Å². The fourth-order valence-electron chi connectivity index (χ4n) is 0.382. The van der Waals surface area contributed by atoms with Gasteiger partial charge in [-0.15, -0.1) is 0 Å². The summed E-state index contributed by atoms with van der Waals surface area (Å²) in [6.45, 7) is 3.85. The Morgan fingerprint density at radius 3 is 2.00 bits per heavy atom. The molecule has 0 radical (unpaired) electrons. The van der Waals surface area contributed by atoms with E-state index >= 15 is 0 Å². The standard InChI is InChI=1S/C5H11NO2S2/c1-3-9-6(5(7)8)10-4-2/h3-4H2,1-2H3,(H,7,8). The Labute approximate surface area is 69.4 Å². The lowest BCUT2D eigenvalue weighted by molar-refractivity contribution is 0.191. The van der Waals surface area contributed by atoms with Gasteiger partial charge in [0.25, 0.3) is 0 Å². The highest BCUT2D eigenvalue weighted by molar-refractivity contribution is 8.12. The van der Waals surface area contributed by atoms with Crippen molar-refractivity contribution in [2.75, 3.05) is 11.5 Å². The van der Waals surface area contributed by atoms with E-state index in [1.54, 1.807) is 0 Å². The van der Waals surface area contributed by atoms with E-state index in [-0.39, 0.29) is 0 Å². The summed E-state index contributed by atoms with van der Waals surface area (Å²) in [6, 6.07) is 0. The molecule has 0 saturated carbocycles. The molecule has 1 amide bonds. The molecule has 0 rings (SSSR count). The molecule has 0 aliphatic heterocycles. The van der Waals surface area contributed by atoms with Gasteiger partial charge in [-0.1, -0.05) is 13.8 Å². The summed E-state index contributed by atoms with van der Waals surface area (Å²) in [7, 11) is 0. The van der Waals surface area contributed by atoms with Gasteiger partial charge >= 0.3 is 6.09 Å². The average Bonchev–Trinajstić information content (AvgIpc) is 1.87. The van der Waals surface area contributed by atoms with Crippen LogP contribution in [0, 0.1) is 0 Å². The number of amides is 1. The van der Waals surface area contributed by atoms with E-state index in [4.69, 9.17) is 5.11 Å². The van der Waals surface area contributed by atoms with Crippen LogP contribution in [0.4, 0.5) is 4.79 Å². The molecule has 0 unspecified atom stereocenters. The van der Waals surface area contributed by atoms with Gasteiger partial charge < -0.3 is 5.11 Å². The van der Waals surface area contributed by atoms with Crippen LogP contribution in [0.5, 0.6) is 0 Å². The summed E-state index contributed by atoms with van der Waals surface area (Å²) in [5, 5.41) is 8.52. The van der Waals surface area contributed by atoms with Gasteiger partial charge in [-0.2, -0.15) is 3.71 Å². The SMILES string of the molecule is CCSN(SCC)C(=O)O. The van der Waals surface area contributed by atoms with E-state index in [1.165, 1.54) is 27.6 Å².